The summed E-state index contributed by atoms with van der Waals surface area (Å²) < 4.78 is 0. The molecule has 0 bridgehead atoms. The minimum Gasteiger partial charge on any atom is -0.325 e. The Balaban J connectivity index is 1.50. The highest BCUT2D eigenvalue weighted by atomic mass is 15.2. The second-order valence-corrected chi connectivity index (χ2v) is 6.12. The molecule has 0 aliphatic carbocycles. The molecule has 0 spiro atoms. The van der Waals surface area contributed by atoms with Crippen molar-refractivity contribution in [3.8, 4) is 0 Å². The number of anilines is 2. The molecule has 2 aromatic heterocycles. The summed E-state index contributed by atoms with van der Waals surface area (Å²) in [6, 6.07) is 14.5. The molecule has 5 heteroatoms. The first-order valence-electron chi connectivity index (χ1n) is 8.37. The van der Waals surface area contributed by atoms with E-state index in [2.05, 4.69) is 55.8 Å². The summed E-state index contributed by atoms with van der Waals surface area (Å²) in [6.07, 6.45) is 3.75. The van der Waals surface area contributed by atoms with E-state index in [9.17, 15) is 0 Å². The van der Waals surface area contributed by atoms with Crippen LogP contribution >= 0.6 is 0 Å². The maximum Gasteiger partial charge on any atom is 0.132 e. The van der Waals surface area contributed by atoms with Gasteiger partial charge in [0.05, 0.1) is 0 Å². The zero-order chi connectivity index (χ0) is 16.2. The number of rotatable bonds is 4. The van der Waals surface area contributed by atoms with Crippen LogP contribution in [0.25, 0.3) is 10.8 Å². The topological polar surface area (TPSA) is 53.1 Å². The zero-order valence-corrected chi connectivity index (χ0v) is 13.6. The molecular formula is C19H21N5. The molecule has 1 saturated heterocycles. The van der Waals surface area contributed by atoms with Crippen molar-refractivity contribution < 1.29 is 0 Å². The van der Waals surface area contributed by atoms with Gasteiger partial charge in [-0.2, -0.15) is 0 Å². The van der Waals surface area contributed by atoms with E-state index in [1.165, 1.54) is 10.9 Å². The van der Waals surface area contributed by atoms with Gasteiger partial charge in [0.1, 0.15) is 11.6 Å². The van der Waals surface area contributed by atoms with E-state index in [4.69, 9.17) is 0 Å². The van der Waals surface area contributed by atoms with E-state index in [1.54, 1.807) is 0 Å². The highest BCUT2D eigenvalue weighted by Crippen LogP contribution is 2.19. The second-order valence-electron chi connectivity index (χ2n) is 6.12. The van der Waals surface area contributed by atoms with Crippen molar-refractivity contribution in [2.75, 3.05) is 31.5 Å². The Bertz CT molecular complexity index is 827. The molecule has 1 fully saturated rings. The average Bonchev–Trinajstić information content (AvgIpc) is 2.63. The highest BCUT2D eigenvalue weighted by Gasteiger charge is 2.10. The van der Waals surface area contributed by atoms with Crippen LogP contribution in [0.2, 0.25) is 0 Å². The van der Waals surface area contributed by atoms with Crippen LogP contribution in [0.3, 0.4) is 0 Å². The number of fused-ring (bicyclic) bond motifs is 1. The maximum atomic E-state index is 4.48. The van der Waals surface area contributed by atoms with Crippen LogP contribution in [-0.4, -0.2) is 41.0 Å². The SMILES string of the molecule is c1ccc2cc(Nc3cc(CN4CCNCC4)ccn3)ncc2c1. The number of aromatic nitrogens is 2. The van der Waals surface area contributed by atoms with Gasteiger partial charge in [0, 0.05) is 50.5 Å². The van der Waals surface area contributed by atoms with Crippen LogP contribution in [0.15, 0.2) is 54.9 Å². The first-order chi connectivity index (χ1) is 11.9. The molecule has 0 atom stereocenters. The molecule has 1 aliphatic rings. The number of pyridine rings is 2. The molecule has 0 radical (unpaired) electrons. The monoisotopic (exact) mass is 319 g/mol. The Labute approximate surface area is 141 Å². The average molecular weight is 319 g/mol. The van der Waals surface area contributed by atoms with Gasteiger partial charge in [-0.1, -0.05) is 24.3 Å². The van der Waals surface area contributed by atoms with Crippen molar-refractivity contribution in [2.45, 2.75) is 6.54 Å². The number of nitrogens with zero attached hydrogens (tertiary/aromatic N) is 3. The van der Waals surface area contributed by atoms with E-state index in [0.29, 0.717) is 0 Å². The molecule has 3 heterocycles. The lowest BCUT2D eigenvalue weighted by Gasteiger charge is -2.27. The van der Waals surface area contributed by atoms with Crippen LogP contribution < -0.4 is 10.6 Å². The molecule has 5 nitrogen and oxygen atoms in total. The minimum absolute atomic E-state index is 0.820. The number of hydrogen-bond acceptors (Lipinski definition) is 5. The van der Waals surface area contributed by atoms with E-state index in [-0.39, 0.29) is 0 Å². The Morgan fingerprint density at radius 2 is 1.75 bits per heavy atom. The Morgan fingerprint density at radius 1 is 0.958 bits per heavy atom. The van der Waals surface area contributed by atoms with E-state index >= 15 is 0 Å². The van der Waals surface area contributed by atoms with Gasteiger partial charge >= 0.3 is 0 Å². The fourth-order valence-electron chi connectivity index (χ4n) is 3.05. The number of hydrogen-bond donors (Lipinski definition) is 2. The molecule has 0 saturated carbocycles. The summed E-state index contributed by atoms with van der Waals surface area (Å²) in [6.45, 7) is 5.28. The smallest absolute Gasteiger partial charge is 0.132 e. The number of benzene rings is 1. The molecule has 0 amide bonds. The van der Waals surface area contributed by atoms with Crippen molar-refractivity contribution in [3.63, 3.8) is 0 Å². The molecule has 2 N–H and O–H groups in total. The first-order valence-corrected chi connectivity index (χ1v) is 8.37. The third kappa shape index (κ3) is 3.53. The summed E-state index contributed by atoms with van der Waals surface area (Å²) >= 11 is 0. The van der Waals surface area contributed by atoms with Crippen molar-refractivity contribution >= 4 is 22.4 Å². The molecule has 0 unspecified atom stereocenters. The standard InChI is InChI=1S/C19H21N5/c1-2-4-17-13-22-19(12-16(17)3-1)23-18-11-15(5-6-21-18)14-24-9-7-20-8-10-24/h1-6,11-13,20H,7-10,14H2,(H,21,22,23). The zero-order valence-electron chi connectivity index (χ0n) is 13.6. The molecular weight excluding hydrogens is 298 g/mol. The lowest BCUT2D eigenvalue weighted by atomic mass is 10.2. The maximum absolute atomic E-state index is 4.48. The van der Waals surface area contributed by atoms with Crippen LogP contribution in [0.5, 0.6) is 0 Å². The number of nitrogens with one attached hydrogen (secondary N) is 2. The fraction of sp³-hybridized carbons (Fsp3) is 0.263. The first kappa shape index (κ1) is 15.1. The Morgan fingerprint density at radius 3 is 2.62 bits per heavy atom. The summed E-state index contributed by atoms with van der Waals surface area (Å²) in [7, 11) is 0. The summed E-state index contributed by atoms with van der Waals surface area (Å²) in [4.78, 5) is 11.4. The lowest BCUT2D eigenvalue weighted by molar-refractivity contribution is 0.233. The normalized spacial score (nSPS) is 15.5. The van der Waals surface area contributed by atoms with Crippen LogP contribution in [-0.2, 0) is 6.54 Å². The fourth-order valence-corrected chi connectivity index (χ4v) is 3.05. The van der Waals surface area contributed by atoms with Gasteiger partial charge in [0.25, 0.3) is 0 Å². The molecule has 4 rings (SSSR count). The summed E-state index contributed by atoms with van der Waals surface area (Å²) in [5.74, 6) is 1.66. The predicted molar refractivity (Wildman–Crippen MR) is 97.4 cm³/mol. The third-order valence-electron chi connectivity index (χ3n) is 4.33. The molecule has 1 aromatic carbocycles. The van der Waals surface area contributed by atoms with E-state index in [0.717, 1.165) is 49.7 Å². The van der Waals surface area contributed by atoms with Crippen LogP contribution in [0.1, 0.15) is 5.56 Å². The highest BCUT2D eigenvalue weighted by molar-refractivity contribution is 5.84. The number of piperazine rings is 1. The Kier molecular flexibility index (Phi) is 4.36. The van der Waals surface area contributed by atoms with Crippen LogP contribution in [0.4, 0.5) is 11.6 Å². The molecule has 24 heavy (non-hydrogen) atoms. The predicted octanol–water partition coefficient (Wildman–Crippen LogP) is 2.78. The van der Waals surface area contributed by atoms with Crippen molar-refractivity contribution in [3.05, 3.63) is 60.4 Å². The van der Waals surface area contributed by atoms with Gasteiger partial charge in [-0.05, 0) is 29.1 Å². The molecule has 122 valence electrons. The van der Waals surface area contributed by atoms with Crippen molar-refractivity contribution in [1.29, 1.82) is 0 Å². The van der Waals surface area contributed by atoms with Gasteiger partial charge in [-0.3, -0.25) is 4.90 Å². The van der Waals surface area contributed by atoms with Crippen molar-refractivity contribution in [1.82, 2.24) is 20.2 Å². The second kappa shape index (κ2) is 6.95. The van der Waals surface area contributed by atoms with Gasteiger partial charge in [0.15, 0.2) is 0 Å². The molecule has 1 aliphatic heterocycles. The largest absolute Gasteiger partial charge is 0.325 e. The summed E-state index contributed by atoms with van der Waals surface area (Å²) in [5.41, 5.74) is 1.27. The van der Waals surface area contributed by atoms with Gasteiger partial charge < -0.3 is 10.6 Å². The Hall–Kier alpha value is -2.50. The van der Waals surface area contributed by atoms with E-state index < -0.39 is 0 Å². The summed E-state index contributed by atoms with van der Waals surface area (Å²) in [5, 5.41) is 9.02. The quantitative estimate of drug-likeness (QED) is 0.774. The van der Waals surface area contributed by atoms with Crippen LogP contribution in [0, 0.1) is 0 Å². The molecule has 3 aromatic rings. The third-order valence-corrected chi connectivity index (χ3v) is 4.33. The van der Waals surface area contributed by atoms with Gasteiger partial charge in [-0.15, -0.1) is 0 Å². The lowest BCUT2D eigenvalue weighted by Crippen LogP contribution is -2.42. The minimum atomic E-state index is 0.820. The van der Waals surface area contributed by atoms with Gasteiger partial charge in [0.2, 0.25) is 0 Å². The van der Waals surface area contributed by atoms with Crippen molar-refractivity contribution in [2.24, 2.45) is 0 Å². The van der Waals surface area contributed by atoms with Gasteiger partial charge in [-0.25, -0.2) is 9.97 Å². The van der Waals surface area contributed by atoms with E-state index in [1.807, 2.05) is 24.5 Å².